The summed E-state index contributed by atoms with van der Waals surface area (Å²) in [7, 11) is 1.70. The van der Waals surface area contributed by atoms with Gasteiger partial charge in [0.15, 0.2) is 0 Å². The molecule has 1 aliphatic carbocycles. The normalized spacial score (nSPS) is 22.4. The van der Waals surface area contributed by atoms with Crippen molar-refractivity contribution in [3.05, 3.63) is 47.8 Å². The molecule has 1 unspecified atom stereocenters. The standard InChI is InChI=1S/C27H37N5O3/c1-19(18-34-2)29-27-28-16-26-24(15-25(32(26)30-27)22-7-9-23(33)10-8-22)21-5-3-20(4-6-21)17-31-11-13-35-14-12-31/h3-6,15-16,19,22-23,33H,7-14,17-18H2,1-2H3,(H,29,30)/t19?,22-,23+. The van der Waals surface area contributed by atoms with Gasteiger partial charge in [-0.15, -0.1) is 5.10 Å². The highest BCUT2D eigenvalue weighted by Crippen LogP contribution is 2.37. The molecule has 2 N–H and O–H groups in total. The van der Waals surface area contributed by atoms with E-state index in [2.05, 4.69) is 57.0 Å². The number of aromatic nitrogens is 3. The smallest absolute Gasteiger partial charge is 0.241 e. The molecular formula is C27H37N5O3. The lowest BCUT2D eigenvalue weighted by atomic mass is 9.85. The minimum atomic E-state index is -0.183. The quantitative estimate of drug-likeness (QED) is 0.510. The zero-order chi connectivity index (χ0) is 24.2. The third kappa shape index (κ3) is 5.67. The highest BCUT2D eigenvalue weighted by molar-refractivity contribution is 5.81. The van der Waals surface area contributed by atoms with E-state index in [9.17, 15) is 5.11 Å². The van der Waals surface area contributed by atoms with E-state index in [0.29, 0.717) is 18.5 Å². The number of benzene rings is 1. The topological polar surface area (TPSA) is 84.2 Å². The van der Waals surface area contributed by atoms with Crippen molar-refractivity contribution in [1.82, 2.24) is 19.5 Å². The molecule has 2 aliphatic rings. The number of hydrogen-bond donors (Lipinski definition) is 2. The first kappa shape index (κ1) is 24.2. The molecule has 1 aromatic carbocycles. The van der Waals surface area contributed by atoms with Crippen LogP contribution in [0, 0.1) is 0 Å². The van der Waals surface area contributed by atoms with Crippen LogP contribution in [0.2, 0.25) is 0 Å². The Kier molecular flexibility index (Phi) is 7.63. The van der Waals surface area contributed by atoms with E-state index in [0.717, 1.165) is 69.6 Å². The molecule has 0 spiro atoms. The number of methoxy groups -OCH3 is 1. The van der Waals surface area contributed by atoms with E-state index in [1.165, 1.54) is 16.8 Å². The van der Waals surface area contributed by atoms with Gasteiger partial charge in [0.25, 0.3) is 0 Å². The summed E-state index contributed by atoms with van der Waals surface area (Å²) < 4.78 is 12.8. The summed E-state index contributed by atoms with van der Waals surface area (Å²) in [6, 6.07) is 11.3. The van der Waals surface area contributed by atoms with Gasteiger partial charge in [0, 0.05) is 50.0 Å². The van der Waals surface area contributed by atoms with Crippen LogP contribution in [0.3, 0.4) is 0 Å². The van der Waals surface area contributed by atoms with Gasteiger partial charge in [-0.05, 0) is 49.8 Å². The van der Waals surface area contributed by atoms with E-state index < -0.39 is 0 Å². The Labute approximate surface area is 207 Å². The minimum absolute atomic E-state index is 0.111. The number of fused-ring (bicyclic) bond motifs is 1. The highest BCUT2D eigenvalue weighted by Gasteiger charge is 2.25. The molecular weight excluding hydrogens is 442 g/mol. The molecule has 35 heavy (non-hydrogen) atoms. The first-order chi connectivity index (χ1) is 17.1. The van der Waals surface area contributed by atoms with Gasteiger partial charge in [-0.25, -0.2) is 9.50 Å². The van der Waals surface area contributed by atoms with Crippen LogP contribution in [-0.2, 0) is 16.0 Å². The fraction of sp³-hybridized carbons (Fsp3) is 0.556. The van der Waals surface area contributed by atoms with Gasteiger partial charge in [0.1, 0.15) is 0 Å². The number of aliphatic hydroxyl groups excluding tert-OH is 1. The average Bonchev–Trinajstić information content (AvgIpc) is 3.24. The summed E-state index contributed by atoms with van der Waals surface area (Å²) in [5, 5.41) is 18.3. The Morgan fingerprint density at radius 2 is 1.89 bits per heavy atom. The van der Waals surface area contributed by atoms with Crippen molar-refractivity contribution in [2.75, 3.05) is 45.3 Å². The largest absolute Gasteiger partial charge is 0.393 e. The van der Waals surface area contributed by atoms with E-state index in [4.69, 9.17) is 14.6 Å². The fourth-order valence-corrected chi connectivity index (χ4v) is 5.29. The Morgan fingerprint density at radius 1 is 1.14 bits per heavy atom. The molecule has 8 nitrogen and oxygen atoms in total. The molecule has 0 amide bonds. The molecule has 1 aliphatic heterocycles. The lowest BCUT2D eigenvalue weighted by Gasteiger charge is -2.26. The summed E-state index contributed by atoms with van der Waals surface area (Å²) in [5.41, 5.74) is 5.85. The molecule has 1 saturated heterocycles. The van der Waals surface area contributed by atoms with E-state index >= 15 is 0 Å². The lowest BCUT2D eigenvalue weighted by molar-refractivity contribution is 0.0342. The van der Waals surface area contributed by atoms with Crippen LogP contribution in [0.15, 0.2) is 36.5 Å². The van der Waals surface area contributed by atoms with Crippen LogP contribution in [0.4, 0.5) is 5.95 Å². The van der Waals surface area contributed by atoms with E-state index in [1.54, 1.807) is 7.11 Å². The first-order valence-electron chi connectivity index (χ1n) is 12.8. The van der Waals surface area contributed by atoms with Crippen LogP contribution in [0.25, 0.3) is 16.6 Å². The predicted molar refractivity (Wildman–Crippen MR) is 137 cm³/mol. The fourth-order valence-electron chi connectivity index (χ4n) is 5.29. The van der Waals surface area contributed by atoms with Gasteiger partial charge in [-0.3, -0.25) is 4.90 Å². The average molecular weight is 480 g/mol. The number of aliphatic hydroxyl groups is 1. The molecule has 1 saturated carbocycles. The molecule has 1 atom stereocenters. The zero-order valence-corrected chi connectivity index (χ0v) is 20.8. The molecule has 2 fully saturated rings. The maximum Gasteiger partial charge on any atom is 0.241 e. The predicted octanol–water partition coefficient (Wildman–Crippen LogP) is 3.69. The maximum atomic E-state index is 10.0. The number of nitrogens with zero attached hydrogens (tertiary/aromatic N) is 4. The van der Waals surface area contributed by atoms with E-state index in [1.807, 2.05) is 6.20 Å². The van der Waals surface area contributed by atoms with Crippen molar-refractivity contribution in [1.29, 1.82) is 0 Å². The molecule has 0 radical (unpaired) electrons. The molecule has 8 heteroatoms. The maximum absolute atomic E-state index is 10.0. The number of ether oxygens (including phenoxy) is 2. The molecule has 3 aromatic rings. The number of morpholine rings is 1. The third-order valence-electron chi connectivity index (χ3n) is 7.23. The number of rotatable bonds is 8. The second-order valence-electron chi connectivity index (χ2n) is 9.95. The molecule has 188 valence electrons. The van der Waals surface area contributed by atoms with Crippen LogP contribution in [0.5, 0.6) is 0 Å². The summed E-state index contributed by atoms with van der Waals surface area (Å²) in [6.07, 6.45) is 5.36. The Bertz CT molecular complexity index is 1100. The van der Waals surface area contributed by atoms with Gasteiger partial charge in [-0.2, -0.15) is 0 Å². The highest BCUT2D eigenvalue weighted by atomic mass is 16.5. The van der Waals surface area contributed by atoms with Crippen molar-refractivity contribution >= 4 is 11.5 Å². The summed E-state index contributed by atoms with van der Waals surface area (Å²) in [6.45, 7) is 7.20. The molecule has 3 heterocycles. The van der Waals surface area contributed by atoms with Crippen molar-refractivity contribution in [3.63, 3.8) is 0 Å². The third-order valence-corrected chi connectivity index (χ3v) is 7.23. The van der Waals surface area contributed by atoms with Crippen molar-refractivity contribution in [2.24, 2.45) is 0 Å². The number of hydrogen-bond acceptors (Lipinski definition) is 7. The monoisotopic (exact) mass is 479 g/mol. The number of nitrogens with one attached hydrogen (secondary N) is 1. The van der Waals surface area contributed by atoms with Crippen LogP contribution in [0.1, 0.15) is 49.8 Å². The molecule has 2 aromatic heterocycles. The van der Waals surface area contributed by atoms with Crippen molar-refractivity contribution < 1.29 is 14.6 Å². The first-order valence-corrected chi connectivity index (χ1v) is 12.8. The summed E-state index contributed by atoms with van der Waals surface area (Å²) in [4.78, 5) is 7.06. The van der Waals surface area contributed by atoms with Crippen molar-refractivity contribution in [3.8, 4) is 11.1 Å². The number of anilines is 1. The second-order valence-corrected chi connectivity index (χ2v) is 9.95. The van der Waals surface area contributed by atoms with Crippen LogP contribution in [-0.4, -0.2) is 76.8 Å². The van der Waals surface area contributed by atoms with Gasteiger partial charge in [0.2, 0.25) is 5.95 Å². The molecule has 0 bridgehead atoms. The van der Waals surface area contributed by atoms with Gasteiger partial charge in [0.05, 0.1) is 37.6 Å². The van der Waals surface area contributed by atoms with E-state index in [-0.39, 0.29) is 12.1 Å². The Hall–Kier alpha value is -2.52. The SMILES string of the molecule is COCC(C)Nc1ncc2c(-c3ccc(CN4CCOCC4)cc3)cc([C@H]3CC[C@@H](O)CC3)n2n1. The van der Waals surface area contributed by atoms with Crippen LogP contribution < -0.4 is 5.32 Å². The summed E-state index contributed by atoms with van der Waals surface area (Å²) in [5.74, 6) is 0.974. The van der Waals surface area contributed by atoms with Gasteiger partial charge >= 0.3 is 0 Å². The van der Waals surface area contributed by atoms with Gasteiger partial charge in [-0.1, -0.05) is 24.3 Å². The Morgan fingerprint density at radius 3 is 2.60 bits per heavy atom. The van der Waals surface area contributed by atoms with Crippen molar-refractivity contribution in [2.45, 2.75) is 57.2 Å². The Balaban J connectivity index is 1.45. The molecule has 5 rings (SSSR count). The lowest BCUT2D eigenvalue weighted by Crippen LogP contribution is -2.35. The zero-order valence-electron chi connectivity index (χ0n) is 20.8. The summed E-state index contributed by atoms with van der Waals surface area (Å²) >= 11 is 0. The second kappa shape index (κ2) is 11.0. The van der Waals surface area contributed by atoms with Gasteiger partial charge < -0.3 is 19.9 Å². The van der Waals surface area contributed by atoms with Crippen LogP contribution >= 0.6 is 0 Å². The minimum Gasteiger partial charge on any atom is -0.393 e.